The first-order valence-electron chi connectivity index (χ1n) is 6.20. The fraction of sp³-hybridized carbons (Fsp3) is 0.357. The van der Waals surface area contributed by atoms with Crippen LogP contribution in [0, 0.1) is 19.7 Å². The summed E-state index contributed by atoms with van der Waals surface area (Å²) in [7, 11) is 0. The summed E-state index contributed by atoms with van der Waals surface area (Å²) >= 11 is 0. The van der Waals surface area contributed by atoms with Crippen molar-refractivity contribution in [3.8, 4) is 0 Å². The molecule has 1 aliphatic heterocycles. The highest BCUT2D eigenvalue weighted by Crippen LogP contribution is 2.30. The summed E-state index contributed by atoms with van der Waals surface area (Å²) in [6.45, 7) is 4.63. The molecule has 2 heterocycles. The highest BCUT2D eigenvalue weighted by molar-refractivity contribution is 5.36. The Hall–Kier alpha value is -1.84. The summed E-state index contributed by atoms with van der Waals surface area (Å²) in [6.07, 6.45) is 2.97. The van der Waals surface area contributed by atoms with Gasteiger partial charge >= 0.3 is 0 Å². The molecule has 0 saturated carbocycles. The maximum Gasteiger partial charge on any atom is 0.203 e. The van der Waals surface area contributed by atoms with Gasteiger partial charge in [-0.25, -0.2) is 9.37 Å². The van der Waals surface area contributed by atoms with Gasteiger partial charge in [0.2, 0.25) is 5.95 Å². The lowest BCUT2D eigenvalue weighted by Gasteiger charge is -2.26. The third kappa shape index (κ3) is 1.78. The van der Waals surface area contributed by atoms with E-state index in [1.165, 1.54) is 0 Å². The van der Waals surface area contributed by atoms with Crippen molar-refractivity contribution in [2.45, 2.75) is 26.3 Å². The molecule has 4 heteroatoms. The Morgan fingerprint density at radius 3 is 3.00 bits per heavy atom. The summed E-state index contributed by atoms with van der Waals surface area (Å²) in [5.41, 5.74) is 2.69. The van der Waals surface area contributed by atoms with Crippen LogP contribution < -0.4 is 5.32 Å². The molecule has 0 spiro atoms. The van der Waals surface area contributed by atoms with E-state index in [1.807, 2.05) is 25.3 Å². The molecule has 0 amide bonds. The van der Waals surface area contributed by atoms with Gasteiger partial charge in [0.1, 0.15) is 5.82 Å². The second-order valence-corrected chi connectivity index (χ2v) is 4.85. The van der Waals surface area contributed by atoms with Gasteiger partial charge in [0.15, 0.2) is 0 Å². The zero-order chi connectivity index (χ0) is 12.7. The van der Waals surface area contributed by atoms with Crippen molar-refractivity contribution in [3.63, 3.8) is 0 Å². The molecule has 2 aromatic rings. The van der Waals surface area contributed by atoms with Crippen LogP contribution in [0.15, 0.2) is 24.4 Å². The van der Waals surface area contributed by atoms with Crippen LogP contribution in [-0.2, 0) is 0 Å². The summed E-state index contributed by atoms with van der Waals surface area (Å²) in [5.74, 6) is 0.745. The lowest BCUT2D eigenvalue weighted by Crippen LogP contribution is -2.23. The highest BCUT2D eigenvalue weighted by Gasteiger charge is 2.22. The zero-order valence-corrected chi connectivity index (χ0v) is 10.6. The molecule has 0 saturated heterocycles. The van der Waals surface area contributed by atoms with Crippen LogP contribution in [0.25, 0.3) is 0 Å². The van der Waals surface area contributed by atoms with E-state index in [0.29, 0.717) is 5.56 Å². The number of nitrogens with zero attached hydrogens (tertiary/aromatic N) is 2. The van der Waals surface area contributed by atoms with E-state index in [9.17, 15) is 4.39 Å². The van der Waals surface area contributed by atoms with Gasteiger partial charge in [-0.2, -0.15) is 0 Å². The number of fused-ring (bicyclic) bond motifs is 1. The first-order chi connectivity index (χ1) is 8.65. The van der Waals surface area contributed by atoms with Crippen molar-refractivity contribution in [2.75, 3.05) is 11.9 Å². The Bertz CT molecular complexity index is 589. The number of rotatable bonds is 1. The number of aromatic nitrogens is 2. The number of hydrogen-bond donors (Lipinski definition) is 1. The Morgan fingerprint density at radius 2 is 2.22 bits per heavy atom. The predicted molar refractivity (Wildman–Crippen MR) is 69.3 cm³/mol. The SMILES string of the molecule is Cc1cn2c(n1)NCCC2c1ccc(C)c(F)c1. The van der Waals surface area contributed by atoms with Gasteiger partial charge in [0.25, 0.3) is 0 Å². The van der Waals surface area contributed by atoms with Gasteiger partial charge in [-0.1, -0.05) is 12.1 Å². The first-order valence-corrected chi connectivity index (χ1v) is 6.20. The van der Waals surface area contributed by atoms with Gasteiger partial charge in [-0.3, -0.25) is 0 Å². The first kappa shape index (κ1) is 11.3. The Labute approximate surface area is 106 Å². The minimum atomic E-state index is -0.135. The molecule has 1 aromatic carbocycles. The molecule has 0 bridgehead atoms. The summed E-state index contributed by atoms with van der Waals surface area (Å²) in [5, 5.41) is 3.27. The van der Waals surface area contributed by atoms with Crippen molar-refractivity contribution in [1.82, 2.24) is 9.55 Å². The Morgan fingerprint density at radius 1 is 1.39 bits per heavy atom. The number of benzene rings is 1. The Balaban J connectivity index is 2.05. The van der Waals surface area contributed by atoms with Crippen LogP contribution in [0.5, 0.6) is 0 Å². The second-order valence-electron chi connectivity index (χ2n) is 4.85. The molecule has 0 fully saturated rings. The minimum Gasteiger partial charge on any atom is -0.356 e. The number of imidazole rings is 1. The molecule has 3 rings (SSSR count). The molecule has 3 nitrogen and oxygen atoms in total. The molecule has 94 valence electrons. The third-order valence-corrected chi connectivity index (χ3v) is 3.47. The Kier molecular flexibility index (Phi) is 2.58. The molecule has 1 unspecified atom stereocenters. The molecular formula is C14H16FN3. The number of hydrogen-bond acceptors (Lipinski definition) is 2. The third-order valence-electron chi connectivity index (χ3n) is 3.47. The largest absolute Gasteiger partial charge is 0.356 e. The molecule has 1 aromatic heterocycles. The molecule has 1 atom stereocenters. The van der Waals surface area contributed by atoms with Crippen molar-refractivity contribution in [3.05, 3.63) is 47.0 Å². The number of halogens is 1. The minimum absolute atomic E-state index is 0.135. The lowest BCUT2D eigenvalue weighted by atomic mass is 10.0. The summed E-state index contributed by atoms with van der Waals surface area (Å²) in [6, 6.07) is 5.67. The fourth-order valence-corrected chi connectivity index (χ4v) is 2.49. The standard InChI is InChI=1S/C14H16FN3/c1-9-3-4-11(7-12(9)15)13-5-6-16-14-17-10(2)8-18(13)14/h3-4,7-8,13H,5-6H2,1-2H3,(H,16,17). The van der Waals surface area contributed by atoms with Crippen LogP contribution in [0.3, 0.4) is 0 Å². The number of aryl methyl sites for hydroxylation is 2. The molecule has 1 N–H and O–H groups in total. The maximum atomic E-state index is 13.7. The van der Waals surface area contributed by atoms with Crippen LogP contribution in [0.1, 0.15) is 29.3 Å². The van der Waals surface area contributed by atoms with E-state index in [1.54, 1.807) is 13.0 Å². The van der Waals surface area contributed by atoms with E-state index in [2.05, 4.69) is 14.9 Å². The van der Waals surface area contributed by atoms with Gasteiger partial charge in [0.05, 0.1) is 11.7 Å². The van der Waals surface area contributed by atoms with Crippen molar-refractivity contribution >= 4 is 5.95 Å². The average Bonchev–Trinajstić information content (AvgIpc) is 2.72. The van der Waals surface area contributed by atoms with Gasteiger partial charge in [0, 0.05) is 12.7 Å². The normalized spacial score (nSPS) is 18.3. The van der Waals surface area contributed by atoms with Crippen molar-refractivity contribution in [2.24, 2.45) is 0 Å². The van der Waals surface area contributed by atoms with Crippen LogP contribution in [0.2, 0.25) is 0 Å². The molecule has 1 aliphatic rings. The van der Waals surface area contributed by atoms with Crippen LogP contribution in [-0.4, -0.2) is 16.1 Å². The maximum absolute atomic E-state index is 13.7. The van der Waals surface area contributed by atoms with Crippen LogP contribution in [0.4, 0.5) is 10.3 Å². The lowest BCUT2D eigenvalue weighted by molar-refractivity contribution is 0.524. The van der Waals surface area contributed by atoms with Gasteiger partial charge < -0.3 is 9.88 Å². The average molecular weight is 245 g/mol. The van der Waals surface area contributed by atoms with E-state index in [4.69, 9.17) is 0 Å². The number of nitrogens with one attached hydrogen (secondary N) is 1. The molecule has 0 radical (unpaired) electrons. The number of anilines is 1. The predicted octanol–water partition coefficient (Wildman–Crippen LogP) is 3.04. The zero-order valence-electron chi connectivity index (χ0n) is 10.6. The molecular weight excluding hydrogens is 229 g/mol. The second kappa shape index (κ2) is 4.12. The van der Waals surface area contributed by atoms with E-state index in [-0.39, 0.29) is 11.9 Å². The molecule has 0 aliphatic carbocycles. The topological polar surface area (TPSA) is 29.9 Å². The monoisotopic (exact) mass is 245 g/mol. The van der Waals surface area contributed by atoms with Gasteiger partial charge in [-0.05, 0) is 37.5 Å². The smallest absolute Gasteiger partial charge is 0.203 e. The van der Waals surface area contributed by atoms with Crippen LogP contribution >= 0.6 is 0 Å². The fourth-order valence-electron chi connectivity index (χ4n) is 2.49. The van der Waals surface area contributed by atoms with Crippen molar-refractivity contribution in [1.29, 1.82) is 0 Å². The summed E-state index contributed by atoms with van der Waals surface area (Å²) in [4.78, 5) is 4.43. The van der Waals surface area contributed by atoms with Crippen molar-refractivity contribution < 1.29 is 4.39 Å². The quantitative estimate of drug-likeness (QED) is 0.837. The van der Waals surface area contributed by atoms with E-state index >= 15 is 0 Å². The van der Waals surface area contributed by atoms with E-state index in [0.717, 1.165) is 30.2 Å². The van der Waals surface area contributed by atoms with Gasteiger partial charge in [-0.15, -0.1) is 0 Å². The molecule has 18 heavy (non-hydrogen) atoms. The summed E-state index contributed by atoms with van der Waals surface area (Å²) < 4.78 is 15.8. The highest BCUT2D eigenvalue weighted by atomic mass is 19.1. The van der Waals surface area contributed by atoms with E-state index < -0.39 is 0 Å².